The van der Waals surface area contributed by atoms with Crippen molar-refractivity contribution in [2.45, 2.75) is 13.0 Å². The van der Waals surface area contributed by atoms with Crippen LogP contribution in [0.5, 0.6) is 0 Å². The van der Waals surface area contributed by atoms with Gasteiger partial charge in [-0.1, -0.05) is 28.1 Å². The molecule has 1 aromatic carbocycles. The van der Waals surface area contributed by atoms with Gasteiger partial charge in [0.25, 0.3) is 0 Å². The van der Waals surface area contributed by atoms with Crippen molar-refractivity contribution >= 4 is 59.1 Å². The Morgan fingerprint density at radius 1 is 1.18 bits per heavy atom. The van der Waals surface area contributed by atoms with Crippen LogP contribution in [0.3, 0.4) is 0 Å². The quantitative estimate of drug-likeness (QED) is 0.666. The molecule has 1 atom stereocenters. The van der Waals surface area contributed by atoms with Gasteiger partial charge in [0.2, 0.25) is 0 Å². The van der Waals surface area contributed by atoms with Gasteiger partial charge in [0.15, 0.2) is 0 Å². The summed E-state index contributed by atoms with van der Waals surface area (Å²) in [7, 11) is 0. The first-order chi connectivity index (χ1) is 7.99. The number of halogens is 3. The van der Waals surface area contributed by atoms with Gasteiger partial charge < -0.3 is 5.73 Å². The highest BCUT2D eigenvalue weighted by Crippen LogP contribution is 2.37. The van der Waals surface area contributed by atoms with Gasteiger partial charge in [-0.3, -0.25) is 0 Å². The fraction of sp³-hybridized carbons (Fsp3) is 0.167. The Bertz CT molecular complexity index is 551. The molecule has 1 nitrogen and oxygen atoms in total. The fourth-order valence-electron chi connectivity index (χ4n) is 1.55. The van der Waals surface area contributed by atoms with Gasteiger partial charge in [0.05, 0.1) is 13.6 Å². The molecular formula is C12H10Br3NS. The van der Waals surface area contributed by atoms with Crippen molar-refractivity contribution in [3.05, 3.63) is 53.0 Å². The van der Waals surface area contributed by atoms with E-state index in [9.17, 15) is 0 Å². The Labute approximate surface area is 130 Å². The number of rotatable bonds is 2. The number of benzene rings is 1. The summed E-state index contributed by atoms with van der Waals surface area (Å²) in [6, 6.07) is 8.19. The third-order valence-electron chi connectivity index (χ3n) is 2.57. The van der Waals surface area contributed by atoms with E-state index >= 15 is 0 Å². The molecule has 1 aromatic heterocycles. The van der Waals surface area contributed by atoms with E-state index in [2.05, 4.69) is 79.0 Å². The zero-order chi connectivity index (χ0) is 12.6. The number of hydrogen-bond acceptors (Lipinski definition) is 2. The largest absolute Gasteiger partial charge is 0.320 e. The first-order valence-electron chi connectivity index (χ1n) is 4.95. The highest BCUT2D eigenvalue weighted by molar-refractivity contribution is 9.12. The third-order valence-corrected chi connectivity index (χ3v) is 5.81. The summed E-state index contributed by atoms with van der Waals surface area (Å²) in [6.07, 6.45) is 0. The van der Waals surface area contributed by atoms with E-state index in [0.717, 1.165) is 23.2 Å². The van der Waals surface area contributed by atoms with Crippen LogP contribution < -0.4 is 5.73 Å². The molecule has 2 N–H and O–H groups in total. The molecule has 0 bridgehead atoms. The molecule has 2 aromatic rings. The minimum Gasteiger partial charge on any atom is -0.320 e. The second kappa shape index (κ2) is 5.53. The first-order valence-corrected chi connectivity index (χ1v) is 8.15. The number of nitrogens with two attached hydrogens (primary N) is 1. The lowest BCUT2D eigenvalue weighted by atomic mass is 10.0. The molecule has 0 amide bonds. The van der Waals surface area contributed by atoms with Gasteiger partial charge in [-0.05, 0) is 67.6 Å². The van der Waals surface area contributed by atoms with E-state index in [1.165, 1.54) is 5.56 Å². The van der Waals surface area contributed by atoms with Gasteiger partial charge in [0, 0.05) is 4.47 Å². The second-order valence-electron chi connectivity index (χ2n) is 3.77. The molecular weight excluding hydrogens is 430 g/mol. The van der Waals surface area contributed by atoms with Crippen molar-refractivity contribution in [3.8, 4) is 0 Å². The zero-order valence-corrected chi connectivity index (χ0v) is 14.6. The molecule has 0 saturated heterocycles. The van der Waals surface area contributed by atoms with Gasteiger partial charge in [-0.2, -0.15) is 0 Å². The summed E-state index contributed by atoms with van der Waals surface area (Å²) in [4.78, 5) is 0. The van der Waals surface area contributed by atoms with Gasteiger partial charge in [-0.15, -0.1) is 11.3 Å². The standard InChI is InChI=1S/C12H10Br3NS/c1-6-2-3-7(4-9(6)13)11(16)8-5-10(14)17-12(8)15/h2-5,11H,16H2,1H3. The van der Waals surface area contributed by atoms with E-state index in [-0.39, 0.29) is 6.04 Å². The second-order valence-corrected chi connectivity index (χ2v) is 8.37. The molecule has 5 heteroatoms. The number of aryl methyl sites for hydroxylation is 1. The van der Waals surface area contributed by atoms with Crippen molar-refractivity contribution in [2.75, 3.05) is 0 Å². The van der Waals surface area contributed by atoms with Crippen LogP contribution in [-0.2, 0) is 0 Å². The van der Waals surface area contributed by atoms with Crippen LogP contribution in [0.4, 0.5) is 0 Å². The fourth-order valence-corrected chi connectivity index (χ4v) is 4.87. The maximum absolute atomic E-state index is 6.28. The molecule has 0 aliphatic rings. The summed E-state index contributed by atoms with van der Waals surface area (Å²) in [5.74, 6) is 0. The summed E-state index contributed by atoms with van der Waals surface area (Å²) < 4.78 is 3.26. The average Bonchev–Trinajstić information content (AvgIpc) is 2.61. The molecule has 0 radical (unpaired) electrons. The van der Waals surface area contributed by atoms with E-state index < -0.39 is 0 Å². The lowest BCUT2D eigenvalue weighted by Crippen LogP contribution is -2.11. The normalized spacial score (nSPS) is 12.8. The van der Waals surface area contributed by atoms with Crippen LogP contribution in [-0.4, -0.2) is 0 Å². The van der Waals surface area contributed by atoms with E-state index in [4.69, 9.17) is 5.73 Å². The molecule has 1 unspecified atom stereocenters. The van der Waals surface area contributed by atoms with Crippen molar-refractivity contribution in [3.63, 3.8) is 0 Å². The molecule has 2 rings (SSSR count). The molecule has 0 saturated carbocycles. The Morgan fingerprint density at radius 2 is 1.88 bits per heavy atom. The minimum absolute atomic E-state index is 0.108. The monoisotopic (exact) mass is 437 g/mol. The lowest BCUT2D eigenvalue weighted by Gasteiger charge is -2.12. The first kappa shape index (κ1) is 13.7. The van der Waals surface area contributed by atoms with E-state index in [1.807, 2.05) is 0 Å². The van der Waals surface area contributed by atoms with Gasteiger partial charge >= 0.3 is 0 Å². The van der Waals surface area contributed by atoms with Crippen molar-refractivity contribution in [1.82, 2.24) is 0 Å². The maximum Gasteiger partial charge on any atom is 0.0761 e. The molecule has 0 spiro atoms. The zero-order valence-electron chi connectivity index (χ0n) is 9.01. The van der Waals surface area contributed by atoms with Crippen LogP contribution in [0.25, 0.3) is 0 Å². The number of hydrogen-bond donors (Lipinski definition) is 1. The molecule has 90 valence electrons. The van der Waals surface area contributed by atoms with Gasteiger partial charge in [-0.25, -0.2) is 0 Å². The van der Waals surface area contributed by atoms with Crippen molar-refractivity contribution < 1.29 is 0 Å². The van der Waals surface area contributed by atoms with Crippen LogP contribution in [0.1, 0.15) is 22.7 Å². The highest BCUT2D eigenvalue weighted by Gasteiger charge is 2.15. The summed E-state index contributed by atoms with van der Waals surface area (Å²) in [6.45, 7) is 2.07. The predicted octanol–water partition coefficient (Wildman–Crippen LogP) is 5.39. The smallest absolute Gasteiger partial charge is 0.0761 e. The van der Waals surface area contributed by atoms with Crippen molar-refractivity contribution in [1.29, 1.82) is 0 Å². The minimum atomic E-state index is -0.108. The Morgan fingerprint density at radius 3 is 2.41 bits per heavy atom. The number of thiophene rings is 1. The van der Waals surface area contributed by atoms with Crippen LogP contribution >= 0.6 is 59.1 Å². The average molecular weight is 440 g/mol. The Kier molecular flexibility index (Phi) is 4.47. The third kappa shape index (κ3) is 3.01. The lowest BCUT2D eigenvalue weighted by molar-refractivity contribution is 0.870. The van der Waals surface area contributed by atoms with Crippen molar-refractivity contribution in [2.24, 2.45) is 5.73 Å². The summed E-state index contributed by atoms with van der Waals surface area (Å²) in [5.41, 5.74) is 9.71. The van der Waals surface area contributed by atoms with Gasteiger partial charge in [0.1, 0.15) is 0 Å². The van der Waals surface area contributed by atoms with E-state index in [0.29, 0.717) is 0 Å². The highest BCUT2D eigenvalue weighted by atomic mass is 79.9. The molecule has 0 fully saturated rings. The van der Waals surface area contributed by atoms with Crippen LogP contribution in [0.15, 0.2) is 36.3 Å². The summed E-state index contributed by atoms with van der Waals surface area (Å²) >= 11 is 12.2. The molecule has 1 heterocycles. The van der Waals surface area contributed by atoms with E-state index in [1.54, 1.807) is 11.3 Å². The Balaban J connectivity index is 2.40. The maximum atomic E-state index is 6.28. The van der Waals surface area contributed by atoms with Crippen LogP contribution in [0.2, 0.25) is 0 Å². The van der Waals surface area contributed by atoms with Crippen LogP contribution in [0, 0.1) is 6.92 Å². The molecule has 0 aliphatic heterocycles. The predicted molar refractivity (Wildman–Crippen MR) is 84.6 cm³/mol. The topological polar surface area (TPSA) is 26.0 Å². The molecule has 17 heavy (non-hydrogen) atoms. The molecule has 0 aliphatic carbocycles. The summed E-state index contributed by atoms with van der Waals surface area (Å²) in [5, 5.41) is 0. The Hall–Kier alpha value is 0.320. The SMILES string of the molecule is Cc1ccc(C(N)c2cc(Br)sc2Br)cc1Br.